The molecule has 0 atom stereocenters. The number of methoxy groups -OCH3 is 1. The summed E-state index contributed by atoms with van der Waals surface area (Å²) in [5.41, 5.74) is 4.50. The number of nitrogens with one attached hydrogen (secondary N) is 2. The first-order valence-electron chi connectivity index (χ1n) is 9.66. The summed E-state index contributed by atoms with van der Waals surface area (Å²) in [5.74, 6) is 0.663. The van der Waals surface area contributed by atoms with Crippen molar-refractivity contribution in [2.45, 2.75) is 44.8 Å². The summed E-state index contributed by atoms with van der Waals surface area (Å²) in [5, 5.41) is 9.14. The Balaban J connectivity index is 1.41. The van der Waals surface area contributed by atoms with Crippen LogP contribution in [-0.2, 0) is 4.74 Å². The molecule has 0 aromatic carbocycles. The number of ether oxygens (including phenoxy) is 1. The van der Waals surface area contributed by atoms with E-state index in [1.54, 1.807) is 7.11 Å². The molecule has 0 bridgehead atoms. The van der Waals surface area contributed by atoms with Crippen LogP contribution in [0.1, 0.15) is 31.4 Å². The first-order valence-corrected chi connectivity index (χ1v) is 9.66. The maximum atomic E-state index is 5.45. The number of aromatic nitrogens is 6. The molecule has 1 saturated carbocycles. The molecule has 0 radical (unpaired) electrons. The highest BCUT2D eigenvalue weighted by Gasteiger charge is 2.21. The van der Waals surface area contributed by atoms with Crippen molar-refractivity contribution < 1.29 is 4.74 Å². The van der Waals surface area contributed by atoms with Gasteiger partial charge in [0.15, 0.2) is 5.65 Å². The highest BCUT2D eigenvalue weighted by molar-refractivity contribution is 5.92. The summed E-state index contributed by atoms with van der Waals surface area (Å²) in [6, 6.07) is 4.35. The number of anilines is 1. The van der Waals surface area contributed by atoms with Crippen molar-refractivity contribution in [1.29, 1.82) is 0 Å². The van der Waals surface area contributed by atoms with Gasteiger partial charge < -0.3 is 15.0 Å². The fourth-order valence-electron chi connectivity index (χ4n) is 3.95. The fourth-order valence-corrected chi connectivity index (χ4v) is 3.95. The third-order valence-electron chi connectivity index (χ3n) is 5.58. The van der Waals surface area contributed by atoms with Crippen LogP contribution in [0.3, 0.4) is 0 Å². The lowest BCUT2D eigenvalue weighted by molar-refractivity contribution is 0.0681. The molecule has 4 aromatic heterocycles. The molecule has 4 heterocycles. The number of hydrogen-bond acceptors (Lipinski definition) is 6. The average Bonchev–Trinajstić information content (AvgIpc) is 3.32. The summed E-state index contributed by atoms with van der Waals surface area (Å²) < 4.78 is 7.29. The molecule has 0 spiro atoms. The van der Waals surface area contributed by atoms with Gasteiger partial charge in [0, 0.05) is 36.5 Å². The highest BCUT2D eigenvalue weighted by atomic mass is 16.5. The Hall–Kier alpha value is -3.00. The molecule has 0 aliphatic heterocycles. The zero-order valence-corrected chi connectivity index (χ0v) is 16.0. The van der Waals surface area contributed by atoms with Gasteiger partial charge in [-0.25, -0.2) is 14.5 Å². The number of aryl methyl sites for hydroxylation is 1. The molecule has 1 aliphatic rings. The van der Waals surface area contributed by atoms with Crippen molar-refractivity contribution >= 4 is 22.6 Å². The second kappa shape index (κ2) is 6.87. The number of imidazole rings is 1. The third kappa shape index (κ3) is 2.99. The van der Waals surface area contributed by atoms with E-state index in [0.29, 0.717) is 18.1 Å². The van der Waals surface area contributed by atoms with Crippen molar-refractivity contribution in [3.63, 3.8) is 0 Å². The van der Waals surface area contributed by atoms with E-state index in [0.717, 1.165) is 59.3 Å². The lowest BCUT2D eigenvalue weighted by atomic mass is 9.93. The van der Waals surface area contributed by atoms with Gasteiger partial charge in [0.2, 0.25) is 5.95 Å². The van der Waals surface area contributed by atoms with Gasteiger partial charge >= 0.3 is 0 Å². The van der Waals surface area contributed by atoms with E-state index in [2.05, 4.69) is 25.3 Å². The molecule has 0 unspecified atom stereocenters. The fraction of sp³-hybridized carbons (Fsp3) is 0.400. The SMILES string of the molecule is CO[C@H]1CC[C@@H](Nc2ncc3c(-c4ccc5ncc(C)n5n4)c[nH]c3n2)CC1. The number of rotatable bonds is 4. The van der Waals surface area contributed by atoms with E-state index >= 15 is 0 Å². The first-order chi connectivity index (χ1) is 13.7. The molecule has 4 aromatic rings. The lowest BCUT2D eigenvalue weighted by Crippen LogP contribution is -2.29. The van der Waals surface area contributed by atoms with Crippen LogP contribution < -0.4 is 5.32 Å². The maximum absolute atomic E-state index is 5.45. The van der Waals surface area contributed by atoms with Crippen molar-refractivity contribution in [3.8, 4) is 11.3 Å². The Bertz CT molecular complexity index is 1120. The highest BCUT2D eigenvalue weighted by Crippen LogP contribution is 2.28. The molecule has 5 rings (SSSR count). The quantitative estimate of drug-likeness (QED) is 0.567. The van der Waals surface area contributed by atoms with Crippen molar-refractivity contribution in [2.75, 3.05) is 12.4 Å². The lowest BCUT2D eigenvalue weighted by Gasteiger charge is -2.28. The van der Waals surface area contributed by atoms with E-state index in [-0.39, 0.29) is 0 Å². The van der Waals surface area contributed by atoms with Crippen LogP contribution in [0.25, 0.3) is 27.9 Å². The predicted molar refractivity (Wildman–Crippen MR) is 107 cm³/mol. The molecule has 144 valence electrons. The topological polar surface area (TPSA) is 93.0 Å². The summed E-state index contributed by atoms with van der Waals surface area (Å²) >= 11 is 0. The molecular formula is C20H23N7O. The summed E-state index contributed by atoms with van der Waals surface area (Å²) in [6.07, 6.45) is 10.3. The van der Waals surface area contributed by atoms with Crippen molar-refractivity contribution in [3.05, 3.63) is 36.4 Å². The Kier molecular flexibility index (Phi) is 4.20. The second-order valence-corrected chi connectivity index (χ2v) is 7.40. The minimum Gasteiger partial charge on any atom is -0.381 e. The minimum atomic E-state index is 0.386. The molecule has 2 N–H and O–H groups in total. The van der Waals surface area contributed by atoms with Gasteiger partial charge in [0.05, 0.1) is 23.7 Å². The van der Waals surface area contributed by atoms with E-state index in [9.17, 15) is 0 Å². The second-order valence-electron chi connectivity index (χ2n) is 7.40. The molecule has 1 aliphatic carbocycles. The van der Waals surface area contributed by atoms with Gasteiger partial charge in [-0.2, -0.15) is 10.1 Å². The van der Waals surface area contributed by atoms with Crippen LogP contribution >= 0.6 is 0 Å². The van der Waals surface area contributed by atoms with Crippen molar-refractivity contribution in [2.24, 2.45) is 0 Å². The van der Waals surface area contributed by atoms with Crippen LogP contribution in [0, 0.1) is 6.92 Å². The first kappa shape index (κ1) is 17.1. The van der Waals surface area contributed by atoms with Crippen LogP contribution in [0.15, 0.2) is 30.7 Å². The molecular weight excluding hydrogens is 354 g/mol. The Labute approximate surface area is 162 Å². The summed E-state index contributed by atoms with van der Waals surface area (Å²) in [4.78, 5) is 16.8. The molecule has 1 fully saturated rings. The number of aromatic amines is 1. The number of H-pyrrole nitrogens is 1. The third-order valence-corrected chi connectivity index (χ3v) is 5.58. The Morgan fingerprint density at radius 3 is 2.82 bits per heavy atom. The van der Waals surface area contributed by atoms with Gasteiger partial charge in [-0.15, -0.1) is 0 Å². The zero-order valence-electron chi connectivity index (χ0n) is 16.0. The molecule has 8 nitrogen and oxygen atoms in total. The summed E-state index contributed by atoms with van der Waals surface area (Å²) in [7, 11) is 1.79. The monoisotopic (exact) mass is 377 g/mol. The Morgan fingerprint density at radius 1 is 1.14 bits per heavy atom. The van der Waals surface area contributed by atoms with Gasteiger partial charge in [0.1, 0.15) is 5.65 Å². The smallest absolute Gasteiger partial charge is 0.224 e. The average molecular weight is 377 g/mol. The summed E-state index contributed by atoms with van der Waals surface area (Å²) in [6.45, 7) is 1.99. The van der Waals surface area contributed by atoms with Crippen LogP contribution in [0.2, 0.25) is 0 Å². The standard InChI is InChI=1S/C20H23N7O/c1-12-9-21-18-8-7-17(26-27(12)18)15-10-22-19-16(15)11-23-20(25-19)24-13-3-5-14(28-2)6-4-13/h7-11,13-14H,3-6H2,1-2H3,(H2,22,23,24,25)/t13-,14+. The molecule has 0 saturated heterocycles. The predicted octanol–water partition coefficient (Wildman–Crippen LogP) is 3.35. The van der Waals surface area contributed by atoms with Gasteiger partial charge in [-0.1, -0.05) is 0 Å². The van der Waals surface area contributed by atoms with Crippen LogP contribution in [0.4, 0.5) is 5.95 Å². The Morgan fingerprint density at radius 2 is 2.00 bits per heavy atom. The van der Waals surface area contributed by atoms with Crippen molar-refractivity contribution in [1.82, 2.24) is 29.5 Å². The van der Waals surface area contributed by atoms with E-state index in [1.807, 2.05) is 42.2 Å². The largest absolute Gasteiger partial charge is 0.381 e. The molecule has 0 amide bonds. The van der Waals surface area contributed by atoms with Gasteiger partial charge in [-0.05, 0) is 44.7 Å². The normalized spacial score (nSPS) is 20.1. The maximum Gasteiger partial charge on any atom is 0.224 e. The van der Waals surface area contributed by atoms with Gasteiger partial charge in [0.25, 0.3) is 0 Å². The number of hydrogen-bond donors (Lipinski definition) is 2. The number of fused-ring (bicyclic) bond motifs is 2. The van der Waals surface area contributed by atoms with Crippen LogP contribution in [-0.4, -0.2) is 48.8 Å². The van der Waals surface area contributed by atoms with E-state index in [4.69, 9.17) is 9.84 Å². The number of nitrogens with zero attached hydrogens (tertiary/aromatic N) is 5. The van der Waals surface area contributed by atoms with Gasteiger partial charge in [-0.3, -0.25) is 0 Å². The van der Waals surface area contributed by atoms with E-state index < -0.39 is 0 Å². The molecule has 8 heteroatoms. The zero-order chi connectivity index (χ0) is 19.1. The molecule has 28 heavy (non-hydrogen) atoms. The van der Waals surface area contributed by atoms with E-state index in [1.165, 1.54) is 0 Å². The van der Waals surface area contributed by atoms with Crippen LogP contribution in [0.5, 0.6) is 0 Å². The minimum absolute atomic E-state index is 0.386.